The molecule has 0 aliphatic rings. The highest BCUT2D eigenvalue weighted by atomic mass is 16.1. The number of hydrogen-bond acceptors (Lipinski definition) is 2. The zero-order valence-electron chi connectivity index (χ0n) is 12.2. The number of carbonyl (C=O) groups excluding carboxylic acids is 1. The molecule has 0 atom stereocenters. The van der Waals surface area contributed by atoms with Gasteiger partial charge in [-0.2, -0.15) is 0 Å². The number of anilines is 1. The molecule has 0 radical (unpaired) electrons. The van der Waals surface area contributed by atoms with E-state index in [4.69, 9.17) is 0 Å². The van der Waals surface area contributed by atoms with Crippen LogP contribution in [0.3, 0.4) is 0 Å². The van der Waals surface area contributed by atoms with E-state index in [1.807, 2.05) is 57.3 Å². The van der Waals surface area contributed by atoms with Crippen molar-refractivity contribution in [3.05, 3.63) is 64.7 Å². The van der Waals surface area contributed by atoms with Gasteiger partial charge in [0, 0.05) is 24.8 Å². The van der Waals surface area contributed by atoms with Crippen LogP contribution in [-0.2, 0) is 6.54 Å². The van der Waals surface area contributed by atoms with Gasteiger partial charge in [-0.25, -0.2) is 0 Å². The van der Waals surface area contributed by atoms with Gasteiger partial charge in [0.15, 0.2) is 0 Å². The quantitative estimate of drug-likeness (QED) is 0.893. The van der Waals surface area contributed by atoms with Crippen molar-refractivity contribution in [1.29, 1.82) is 0 Å². The molecule has 0 spiro atoms. The van der Waals surface area contributed by atoms with E-state index in [2.05, 4.69) is 16.7 Å². The van der Waals surface area contributed by atoms with Crippen LogP contribution >= 0.6 is 0 Å². The highest BCUT2D eigenvalue weighted by Gasteiger charge is 2.08. The monoisotopic (exact) mass is 268 g/mol. The van der Waals surface area contributed by atoms with E-state index < -0.39 is 0 Å². The summed E-state index contributed by atoms with van der Waals surface area (Å²) in [7, 11) is 1.87. The molecule has 2 rings (SSSR count). The molecule has 0 aliphatic carbocycles. The Morgan fingerprint density at radius 2 is 1.90 bits per heavy atom. The maximum Gasteiger partial charge on any atom is 0.251 e. The summed E-state index contributed by atoms with van der Waals surface area (Å²) in [6.07, 6.45) is 0. The number of rotatable bonds is 4. The lowest BCUT2D eigenvalue weighted by Crippen LogP contribution is -2.23. The molecule has 0 saturated heterocycles. The minimum atomic E-state index is -0.0355. The van der Waals surface area contributed by atoms with E-state index in [9.17, 15) is 4.79 Å². The van der Waals surface area contributed by atoms with Crippen LogP contribution in [0.25, 0.3) is 0 Å². The van der Waals surface area contributed by atoms with Gasteiger partial charge < -0.3 is 10.6 Å². The number of nitrogens with one attached hydrogen (secondary N) is 2. The second kappa shape index (κ2) is 6.24. The van der Waals surface area contributed by atoms with Crippen LogP contribution in [0.5, 0.6) is 0 Å². The van der Waals surface area contributed by atoms with Gasteiger partial charge in [0.25, 0.3) is 5.91 Å². The third-order valence-electron chi connectivity index (χ3n) is 3.30. The zero-order valence-corrected chi connectivity index (χ0v) is 12.2. The molecule has 0 aliphatic heterocycles. The molecule has 0 aromatic heterocycles. The Labute approximate surface area is 120 Å². The Morgan fingerprint density at radius 3 is 2.55 bits per heavy atom. The van der Waals surface area contributed by atoms with Gasteiger partial charge in [-0.1, -0.05) is 29.8 Å². The molecule has 2 N–H and O–H groups in total. The molecule has 3 nitrogen and oxygen atoms in total. The third-order valence-corrected chi connectivity index (χ3v) is 3.30. The van der Waals surface area contributed by atoms with Crippen molar-refractivity contribution in [2.75, 3.05) is 12.4 Å². The van der Waals surface area contributed by atoms with Crippen LogP contribution in [0.1, 0.15) is 27.0 Å². The van der Waals surface area contributed by atoms with Crippen LogP contribution in [0.4, 0.5) is 5.69 Å². The average Bonchev–Trinajstić information content (AvgIpc) is 2.44. The largest absolute Gasteiger partial charge is 0.388 e. The molecule has 0 fully saturated rings. The first kappa shape index (κ1) is 14.1. The second-order valence-corrected chi connectivity index (χ2v) is 4.95. The van der Waals surface area contributed by atoms with E-state index in [0.717, 1.165) is 22.4 Å². The molecule has 0 unspecified atom stereocenters. The van der Waals surface area contributed by atoms with Crippen molar-refractivity contribution >= 4 is 11.6 Å². The molecular formula is C17H20N2O. The van der Waals surface area contributed by atoms with Crippen LogP contribution < -0.4 is 10.6 Å². The van der Waals surface area contributed by atoms with E-state index >= 15 is 0 Å². The van der Waals surface area contributed by atoms with Gasteiger partial charge in [-0.15, -0.1) is 0 Å². The van der Waals surface area contributed by atoms with E-state index in [-0.39, 0.29) is 5.91 Å². The summed E-state index contributed by atoms with van der Waals surface area (Å²) in [4.78, 5) is 12.2. The maximum absolute atomic E-state index is 12.2. The summed E-state index contributed by atoms with van der Waals surface area (Å²) in [6, 6.07) is 13.9. The molecule has 0 saturated carbocycles. The Kier molecular flexibility index (Phi) is 4.41. The summed E-state index contributed by atoms with van der Waals surface area (Å²) in [5.74, 6) is -0.0355. The highest BCUT2D eigenvalue weighted by Crippen LogP contribution is 2.14. The Balaban J connectivity index is 2.05. The van der Waals surface area contributed by atoms with Gasteiger partial charge in [-0.3, -0.25) is 4.79 Å². The number of hydrogen-bond donors (Lipinski definition) is 2. The molecule has 2 aromatic carbocycles. The van der Waals surface area contributed by atoms with Crippen molar-refractivity contribution in [2.24, 2.45) is 0 Å². The van der Waals surface area contributed by atoms with Crippen molar-refractivity contribution in [3.63, 3.8) is 0 Å². The molecular weight excluding hydrogens is 248 g/mol. The van der Waals surface area contributed by atoms with Crippen molar-refractivity contribution < 1.29 is 4.79 Å². The molecule has 0 heterocycles. The third kappa shape index (κ3) is 3.38. The molecule has 20 heavy (non-hydrogen) atoms. The Bertz CT molecular complexity index is 620. The normalized spacial score (nSPS) is 10.2. The highest BCUT2D eigenvalue weighted by molar-refractivity contribution is 5.96. The SMILES string of the molecule is CNc1ccc(C(=O)NCc2cccc(C)c2)c(C)c1. The van der Waals surface area contributed by atoms with Gasteiger partial charge in [-0.05, 0) is 43.2 Å². The topological polar surface area (TPSA) is 41.1 Å². The summed E-state index contributed by atoms with van der Waals surface area (Å²) < 4.78 is 0. The molecule has 3 heteroatoms. The lowest BCUT2D eigenvalue weighted by molar-refractivity contribution is 0.0950. The van der Waals surface area contributed by atoms with Crippen molar-refractivity contribution in [1.82, 2.24) is 5.32 Å². The maximum atomic E-state index is 12.2. The molecule has 2 aromatic rings. The van der Waals surface area contributed by atoms with Gasteiger partial charge in [0.1, 0.15) is 0 Å². The first-order chi connectivity index (χ1) is 9.60. The van der Waals surface area contributed by atoms with E-state index in [1.165, 1.54) is 5.56 Å². The molecule has 0 bridgehead atoms. The Hall–Kier alpha value is -2.29. The first-order valence-corrected chi connectivity index (χ1v) is 6.72. The predicted molar refractivity (Wildman–Crippen MR) is 83.1 cm³/mol. The average molecular weight is 268 g/mol. The number of aryl methyl sites for hydroxylation is 2. The van der Waals surface area contributed by atoms with Gasteiger partial charge in [0.2, 0.25) is 0 Å². The second-order valence-electron chi connectivity index (χ2n) is 4.95. The first-order valence-electron chi connectivity index (χ1n) is 6.72. The van der Waals surface area contributed by atoms with Crippen molar-refractivity contribution in [3.8, 4) is 0 Å². The van der Waals surface area contributed by atoms with E-state index in [0.29, 0.717) is 6.54 Å². The van der Waals surface area contributed by atoms with Crippen molar-refractivity contribution in [2.45, 2.75) is 20.4 Å². The summed E-state index contributed by atoms with van der Waals surface area (Å²) in [5.41, 5.74) is 5.02. The van der Waals surface area contributed by atoms with E-state index in [1.54, 1.807) is 0 Å². The minimum absolute atomic E-state index is 0.0355. The van der Waals surface area contributed by atoms with Crippen LogP contribution in [0.15, 0.2) is 42.5 Å². The fourth-order valence-corrected chi connectivity index (χ4v) is 2.17. The number of benzene rings is 2. The molecule has 104 valence electrons. The predicted octanol–water partition coefficient (Wildman–Crippen LogP) is 3.28. The lowest BCUT2D eigenvalue weighted by atomic mass is 10.1. The zero-order chi connectivity index (χ0) is 14.5. The number of amides is 1. The minimum Gasteiger partial charge on any atom is -0.388 e. The van der Waals surface area contributed by atoms with Gasteiger partial charge >= 0.3 is 0 Å². The van der Waals surface area contributed by atoms with Crippen LogP contribution in [0.2, 0.25) is 0 Å². The van der Waals surface area contributed by atoms with Crippen LogP contribution in [0, 0.1) is 13.8 Å². The summed E-state index contributed by atoms with van der Waals surface area (Å²) in [5, 5.41) is 6.03. The fourth-order valence-electron chi connectivity index (χ4n) is 2.17. The fraction of sp³-hybridized carbons (Fsp3) is 0.235. The number of carbonyl (C=O) groups is 1. The van der Waals surface area contributed by atoms with Crippen LogP contribution in [-0.4, -0.2) is 13.0 Å². The standard InChI is InChI=1S/C17H20N2O/c1-12-5-4-6-14(9-12)11-19-17(20)16-8-7-15(18-3)10-13(16)2/h4-10,18H,11H2,1-3H3,(H,19,20). The Morgan fingerprint density at radius 1 is 1.10 bits per heavy atom. The van der Waals surface area contributed by atoms with Gasteiger partial charge in [0.05, 0.1) is 0 Å². The summed E-state index contributed by atoms with van der Waals surface area (Å²) >= 11 is 0. The smallest absolute Gasteiger partial charge is 0.251 e. The lowest BCUT2D eigenvalue weighted by Gasteiger charge is -2.10. The summed E-state index contributed by atoms with van der Waals surface area (Å²) in [6.45, 7) is 4.54. The molecule has 1 amide bonds.